The Kier molecular flexibility index (Phi) is 2.40. The standard InChI is InChI=1S/C10H10Br2N2/c11-10(12)7-1-3-9(5-13,6-14)4-2-8(7)10/h7-8H,1-4H2. The molecule has 2 nitrogen and oxygen atoms in total. The normalized spacial score (nSPS) is 37.1. The molecule has 2 rings (SSSR count). The summed E-state index contributed by atoms with van der Waals surface area (Å²) in [5.41, 5.74) is -0.705. The van der Waals surface area contributed by atoms with Gasteiger partial charge in [-0.1, -0.05) is 31.9 Å². The van der Waals surface area contributed by atoms with E-state index in [9.17, 15) is 0 Å². The van der Waals surface area contributed by atoms with E-state index in [1.165, 1.54) is 0 Å². The molecule has 0 aromatic carbocycles. The number of rotatable bonds is 0. The summed E-state index contributed by atoms with van der Waals surface area (Å²) in [7, 11) is 0. The molecule has 0 bridgehead atoms. The number of alkyl halides is 2. The monoisotopic (exact) mass is 316 g/mol. The molecule has 0 aromatic heterocycles. The van der Waals surface area contributed by atoms with Crippen molar-refractivity contribution in [3.05, 3.63) is 0 Å². The van der Waals surface area contributed by atoms with Crippen molar-refractivity contribution in [3.8, 4) is 12.1 Å². The van der Waals surface area contributed by atoms with Crippen molar-refractivity contribution >= 4 is 31.9 Å². The average Bonchev–Trinajstić information content (AvgIpc) is 2.77. The van der Waals surface area contributed by atoms with Crippen LogP contribution in [0.25, 0.3) is 0 Å². The maximum absolute atomic E-state index is 9.00. The predicted octanol–water partition coefficient (Wildman–Crippen LogP) is 3.33. The van der Waals surface area contributed by atoms with Gasteiger partial charge in [0.15, 0.2) is 0 Å². The van der Waals surface area contributed by atoms with Crippen LogP contribution >= 0.6 is 31.9 Å². The second-order valence-electron chi connectivity index (χ2n) is 4.27. The van der Waals surface area contributed by atoms with Crippen molar-refractivity contribution in [2.45, 2.75) is 28.9 Å². The number of fused-ring (bicyclic) bond motifs is 1. The summed E-state index contributed by atoms with van der Waals surface area (Å²) in [5.74, 6) is 1.21. The van der Waals surface area contributed by atoms with Gasteiger partial charge in [0, 0.05) is 0 Å². The molecule has 2 saturated carbocycles. The number of halogens is 2. The second-order valence-corrected chi connectivity index (χ2v) is 7.96. The van der Waals surface area contributed by atoms with Crippen molar-refractivity contribution in [3.63, 3.8) is 0 Å². The van der Waals surface area contributed by atoms with E-state index in [1.54, 1.807) is 0 Å². The number of nitriles is 2. The first-order valence-corrected chi connectivity index (χ1v) is 6.35. The van der Waals surface area contributed by atoms with Crippen LogP contribution in [0.2, 0.25) is 0 Å². The molecule has 2 atom stereocenters. The van der Waals surface area contributed by atoms with E-state index in [0.717, 1.165) is 25.7 Å². The van der Waals surface area contributed by atoms with E-state index in [0.29, 0.717) is 11.8 Å². The first-order chi connectivity index (χ1) is 6.56. The fourth-order valence-corrected chi connectivity index (χ4v) is 4.35. The minimum Gasteiger partial charge on any atom is -0.197 e. The van der Waals surface area contributed by atoms with Crippen LogP contribution in [0.5, 0.6) is 0 Å². The van der Waals surface area contributed by atoms with Crippen LogP contribution < -0.4 is 0 Å². The highest BCUT2D eigenvalue weighted by Crippen LogP contribution is 2.67. The van der Waals surface area contributed by atoms with E-state index in [2.05, 4.69) is 44.0 Å². The minimum atomic E-state index is -0.705. The molecule has 0 aromatic rings. The predicted molar refractivity (Wildman–Crippen MR) is 59.7 cm³/mol. The van der Waals surface area contributed by atoms with Crippen molar-refractivity contribution in [1.29, 1.82) is 10.5 Å². The molecule has 2 aliphatic carbocycles. The molecule has 0 heterocycles. The van der Waals surface area contributed by atoms with E-state index >= 15 is 0 Å². The van der Waals surface area contributed by atoms with Gasteiger partial charge in [0.1, 0.15) is 5.41 Å². The molecule has 2 fully saturated rings. The van der Waals surface area contributed by atoms with Crippen LogP contribution in [-0.2, 0) is 0 Å². The van der Waals surface area contributed by atoms with Crippen molar-refractivity contribution in [2.24, 2.45) is 17.3 Å². The van der Waals surface area contributed by atoms with Gasteiger partial charge < -0.3 is 0 Å². The molecule has 4 heteroatoms. The number of hydrogen-bond acceptors (Lipinski definition) is 2. The van der Waals surface area contributed by atoms with Gasteiger partial charge in [-0.05, 0) is 37.5 Å². The average molecular weight is 318 g/mol. The highest BCUT2D eigenvalue weighted by atomic mass is 79.9. The Balaban J connectivity index is 2.10. The molecular weight excluding hydrogens is 308 g/mol. The van der Waals surface area contributed by atoms with Crippen LogP contribution in [0.3, 0.4) is 0 Å². The van der Waals surface area contributed by atoms with E-state index in [1.807, 2.05) is 0 Å². The third-order valence-corrected chi connectivity index (χ3v) is 5.91. The third kappa shape index (κ3) is 1.40. The van der Waals surface area contributed by atoms with Gasteiger partial charge in [0.25, 0.3) is 0 Å². The first-order valence-electron chi connectivity index (χ1n) is 4.76. The number of nitrogens with zero attached hydrogens (tertiary/aromatic N) is 2. The number of hydrogen-bond donors (Lipinski definition) is 0. The molecular formula is C10H10Br2N2. The maximum Gasteiger partial charge on any atom is 0.143 e. The molecule has 0 N–H and O–H groups in total. The Morgan fingerprint density at radius 1 is 1.00 bits per heavy atom. The van der Waals surface area contributed by atoms with Crippen molar-refractivity contribution in [2.75, 3.05) is 0 Å². The molecule has 14 heavy (non-hydrogen) atoms. The van der Waals surface area contributed by atoms with Gasteiger partial charge in [-0.15, -0.1) is 0 Å². The second kappa shape index (κ2) is 3.22. The van der Waals surface area contributed by atoms with Crippen LogP contribution in [-0.4, -0.2) is 3.23 Å². The fourth-order valence-electron chi connectivity index (χ4n) is 2.43. The molecule has 2 unspecified atom stereocenters. The van der Waals surface area contributed by atoms with Crippen LogP contribution in [0.1, 0.15) is 25.7 Å². The van der Waals surface area contributed by atoms with E-state index < -0.39 is 5.41 Å². The van der Waals surface area contributed by atoms with Crippen LogP contribution in [0, 0.1) is 39.9 Å². The van der Waals surface area contributed by atoms with Gasteiger partial charge >= 0.3 is 0 Å². The topological polar surface area (TPSA) is 47.6 Å². The minimum absolute atomic E-state index is 0.108. The molecule has 2 aliphatic rings. The van der Waals surface area contributed by atoms with Gasteiger partial charge in [-0.25, -0.2) is 0 Å². The zero-order valence-corrected chi connectivity index (χ0v) is 10.8. The summed E-state index contributed by atoms with van der Waals surface area (Å²) in [6, 6.07) is 4.37. The fraction of sp³-hybridized carbons (Fsp3) is 0.800. The maximum atomic E-state index is 9.00. The van der Waals surface area contributed by atoms with Crippen molar-refractivity contribution < 1.29 is 0 Å². The zero-order valence-electron chi connectivity index (χ0n) is 7.63. The summed E-state index contributed by atoms with van der Waals surface area (Å²) < 4.78 is 0.108. The lowest BCUT2D eigenvalue weighted by atomic mass is 9.82. The lowest BCUT2D eigenvalue weighted by molar-refractivity contribution is 0.427. The van der Waals surface area contributed by atoms with E-state index in [4.69, 9.17) is 10.5 Å². The summed E-state index contributed by atoms with van der Waals surface area (Å²) in [5, 5.41) is 18.0. The van der Waals surface area contributed by atoms with Gasteiger partial charge in [-0.3, -0.25) is 0 Å². The van der Waals surface area contributed by atoms with E-state index in [-0.39, 0.29) is 3.23 Å². The molecule has 0 radical (unpaired) electrons. The SMILES string of the molecule is N#CC1(C#N)CCC2C(CC1)C2(Br)Br. The molecule has 0 aliphatic heterocycles. The van der Waals surface area contributed by atoms with Gasteiger partial charge in [-0.2, -0.15) is 10.5 Å². The highest BCUT2D eigenvalue weighted by Gasteiger charge is 2.62. The Morgan fingerprint density at radius 3 is 1.79 bits per heavy atom. The van der Waals surface area contributed by atoms with Gasteiger partial charge in [0.2, 0.25) is 0 Å². The summed E-state index contributed by atoms with van der Waals surface area (Å²) in [4.78, 5) is 0. The zero-order chi connectivity index (χ0) is 10.4. The summed E-state index contributed by atoms with van der Waals surface area (Å²) in [6.45, 7) is 0. The molecule has 0 spiro atoms. The smallest absolute Gasteiger partial charge is 0.143 e. The van der Waals surface area contributed by atoms with Gasteiger partial charge in [0.05, 0.1) is 15.4 Å². The Morgan fingerprint density at radius 2 is 1.43 bits per heavy atom. The summed E-state index contributed by atoms with van der Waals surface area (Å²) >= 11 is 7.29. The van der Waals surface area contributed by atoms with Crippen LogP contribution in [0.15, 0.2) is 0 Å². The summed E-state index contributed by atoms with van der Waals surface area (Å²) in [6.07, 6.45) is 3.39. The van der Waals surface area contributed by atoms with Crippen molar-refractivity contribution in [1.82, 2.24) is 0 Å². The lowest BCUT2D eigenvalue weighted by Gasteiger charge is -2.17. The van der Waals surface area contributed by atoms with Crippen LogP contribution in [0.4, 0.5) is 0 Å². The first kappa shape index (κ1) is 10.5. The quantitative estimate of drug-likeness (QED) is 0.643. The largest absolute Gasteiger partial charge is 0.197 e. The highest BCUT2D eigenvalue weighted by molar-refractivity contribution is 9.25. The Labute approximate surface area is 101 Å². The Bertz CT molecular complexity index is 305. The lowest BCUT2D eigenvalue weighted by Crippen LogP contribution is -2.16. The third-order valence-electron chi connectivity index (χ3n) is 3.56. The molecule has 74 valence electrons. The molecule has 0 amide bonds. The molecule has 0 saturated heterocycles. The Hall–Kier alpha value is -0.0600.